The van der Waals surface area contributed by atoms with Gasteiger partial charge < -0.3 is 0 Å². The van der Waals surface area contributed by atoms with Crippen molar-refractivity contribution in [3.8, 4) is 22.4 Å². The second kappa shape index (κ2) is 10.9. The van der Waals surface area contributed by atoms with Crippen molar-refractivity contribution < 1.29 is 4.39 Å². The SMILES string of the molecule is CCCCCCCc1ccc(-c2ccc(-c3ccc(CCC)cn3)cc2)c(F)c1. The number of halogens is 1. The molecule has 3 aromatic rings. The summed E-state index contributed by atoms with van der Waals surface area (Å²) in [6.45, 7) is 4.40. The van der Waals surface area contributed by atoms with Gasteiger partial charge in [0.05, 0.1) is 5.69 Å². The van der Waals surface area contributed by atoms with Gasteiger partial charge in [0.2, 0.25) is 0 Å². The highest BCUT2D eigenvalue weighted by molar-refractivity contribution is 5.69. The van der Waals surface area contributed by atoms with Crippen LogP contribution in [0.5, 0.6) is 0 Å². The van der Waals surface area contributed by atoms with Crippen molar-refractivity contribution in [2.24, 2.45) is 0 Å². The Bertz CT molecular complexity index is 881. The first-order valence-corrected chi connectivity index (χ1v) is 11.1. The molecule has 0 aliphatic heterocycles. The average Bonchev–Trinajstić information content (AvgIpc) is 2.75. The number of hydrogen-bond donors (Lipinski definition) is 0. The van der Waals surface area contributed by atoms with Crippen LogP contribution in [0.1, 0.15) is 63.5 Å². The molecule has 1 aromatic heterocycles. The molecule has 0 fully saturated rings. The number of rotatable bonds is 10. The van der Waals surface area contributed by atoms with Crippen LogP contribution < -0.4 is 0 Å². The largest absolute Gasteiger partial charge is 0.256 e. The molecule has 0 bridgehead atoms. The van der Waals surface area contributed by atoms with E-state index in [1.165, 1.54) is 31.2 Å². The van der Waals surface area contributed by atoms with E-state index in [4.69, 9.17) is 0 Å². The zero-order valence-corrected chi connectivity index (χ0v) is 17.8. The maximum atomic E-state index is 14.7. The molecule has 0 N–H and O–H groups in total. The fourth-order valence-corrected chi connectivity index (χ4v) is 3.73. The molecule has 0 radical (unpaired) electrons. The molecule has 2 aromatic carbocycles. The van der Waals surface area contributed by atoms with Crippen molar-refractivity contribution in [1.82, 2.24) is 4.98 Å². The lowest BCUT2D eigenvalue weighted by Crippen LogP contribution is -1.91. The Kier molecular flexibility index (Phi) is 7.98. The molecule has 0 unspecified atom stereocenters. The van der Waals surface area contributed by atoms with Crippen molar-refractivity contribution in [3.63, 3.8) is 0 Å². The third-order valence-corrected chi connectivity index (χ3v) is 5.46. The van der Waals surface area contributed by atoms with Crippen LogP contribution in [0.25, 0.3) is 22.4 Å². The summed E-state index contributed by atoms with van der Waals surface area (Å²) in [4.78, 5) is 4.57. The number of aryl methyl sites for hydroxylation is 2. The predicted molar refractivity (Wildman–Crippen MR) is 122 cm³/mol. The fraction of sp³-hybridized carbons (Fsp3) is 0.370. The van der Waals surface area contributed by atoms with Crippen LogP contribution in [0.4, 0.5) is 4.39 Å². The predicted octanol–water partition coefficient (Wildman–Crippen LogP) is 8.02. The Balaban J connectivity index is 1.66. The lowest BCUT2D eigenvalue weighted by molar-refractivity contribution is 0.618. The summed E-state index contributed by atoms with van der Waals surface area (Å²) in [5, 5.41) is 0. The monoisotopic (exact) mass is 389 g/mol. The molecule has 0 spiro atoms. The summed E-state index contributed by atoms with van der Waals surface area (Å²) in [5.41, 5.74) is 5.94. The van der Waals surface area contributed by atoms with E-state index in [1.54, 1.807) is 6.07 Å². The van der Waals surface area contributed by atoms with Gasteiger partial charge in [-0.15, -0.1) is 0 Å². The first kappa shape index (κ1) is 21.2. The van der Waals surface area contributed by atoms with E-state index in [2.05, 4.69) is 37.0 Å². The van der Waals surface area contributed by atoms with Crippen molar-refractivity contribution >= 4 is 0 Å². The van der Waals surface area contributed by atoms with Gasteiger partial charge in [-0.1, -0.05) is 88.4 Å². The molecular weight excluding hydrogens is 357 g/mol. The summed E-state index contributed by atoms with van der Waals surface area (Å²) in [6, 6.07) is 17.9. The fourth-order valence-electron chi connectivity index (χ4n) is 3.73. The van der Waals surface area contributed by atoms with Crippen LogP contribution in [0.3, 0.4) is 0 Å². The summed E-state index contributed by atoms with van der Waals surface area (Å²) >= 11 is 0. The summed E-state index contributed by atoms with van der Waals surface area (Å²) in [7, 11) is 0. The smallest absolute Gasteiger partial charge is 0.131 e. The number of unbranched alkanes of at least 4 members (excludes halogenated alkanes) is 4. The van der Waals surface area contributed by atoms with Gasteiger partial charge in [-0.25, -0.2) is 4.39 Å². The summed E-state index contributed by atoms with van der Waals surface area (Å²) in [6.07, 6.45) is 11.3. The zero-order valence-electron chi connectivity index (χ0n) is 17.8. The molecule has 0 saturated carbocycles. The molecule has 3 rings (SSSR count). The van der Waals surface area contributed by atoms with Gasteiger partial charge in [0.1, 0.15) is 5.82 Å². The first-order valence-electron chi connectivity index (χ1n) is 11.1. The van der Waals surface area contributed by atoms with Gasteiger partial charge in [-0.05, 0) is 48.1 Å². The van der Waals surface area contributed by atoms with E-state index in [-0.39, 0.29) is 5.82 Å². The normalized spacial score (nSPS) is 11.0. The Morgan fingerprint density at radius 1 is 0.690 bits per heavy atom. The maximum Gasteiger partial charge on any atom is 0.131 e. The van der Waals surface area contributed by atoms with Gasteiger partial charge in [0.25, 0.3) is 0 Å². The van der Waals surface area contributed by atoms with Gasteiger partial charge in [0, 0.05) is 17.3 Å². The van der Waals surface area contributed by atoms with Crippen molar-refractivity contribution in [2.45, 2.75) is 65.2 Å². The standard InChI is InChI=1S/C27H32FN/c1-3-5-6-7-8-10-21-11-17-25(26(28)19-21)23-13-15-24(16-14-23)27-18-12-22(9-4-2)20-29-27/h11-20H,3-10H2,1-2H3. The minimum absolute atomic E-state index is 0.133. The molecule has 0 aliphatic rings. The van der Waals surface area contributed by atoms with E-state index < -0.39 is 0 Å². The zero-order chi connectivity index (χ0) is 20.5. The molecule has 0 atom stereocenters. The van der Waals surface area contributed by atoms with Gasteiger partial charge in [0.15, 0.2) is 0 Å². The van der Waals surface area contributed by atoms with E-state index >= 15 is 0 Å². The van der Waals surface area contributed by atoms with Gasteiger partial charge in [-0.3, -0.25) is 4.98 Å². The van der Waals surface area contributed by atoms with Crippen LogP contribution in [-0.2, 0) is 12.8 Å². The topological polar surface area (TPSA) is 12.9 Å². The second-order valence-corrected chi connectivity index (χ2v) is 7.86. The molecule has 29 heavy (non-hydrogen) atoms. The lowest BCUT2D eigenvalue weighted by atomic mass is 9.98. The Morgan fingerprint density at radius 2 is 1.41 bits per heavy atom. The Hall–Kier alpha value is -2.48. The van der Waals surface area contributed by atoms with Crippen molar-refractivity contribution in [1.29, 1.82) is 0 Å². The molecular formula is C27H32FN. The number of aromatic nitrogens is 1. The van der Waals surface area contributed by atoms with Crippen LogP contribution in [-0.4, -0.2) is 4.98 Å². The van der Waals surface area contributed by atoms with E-state index in [9.17, 15) is 4.39 Å². The summed E-state index contributed by atoms with van der Waals surface area (Å²) in [5.74, 6) is -0.133. The third-order valence-electron chi connectivity index (χ3n) is 5.46. The Morgan fingerprint density at radius 3 is 2.07 bits per heavy atom. The Labute approximate surface area is 175 Å². The van der Waals surface area contributed by atoms with Gasteiger partial charge >= 0.3 is 0 Å². The van der Waals surface area contributed by atoms with Crippen LogP contribution in [0, 0.1) is 5.82 Å². The van der Waals surface area contributed by atoms with Crippen LogP contribution in [0.15, 0.2) is 60.8 Å². The van der Waals surface area contributed by atoms with E-state index in [1.807, 2.05) is 36.5 Å². The number of pyridine rings is 1. The van der Waals surface area contributed by atoms with Gasteiger partial charge in [-0.2, -0.15) is 0 Å². The van der Waals surface area contributed by atoms with Crippen LogP contribution in [0.2, 0.25) is 0 Å². The number of benzene rings is 2. The highest BCUT2D eigenvalue weighted by atomic mass is 19.1. The highest BCUT2D eigenvalue weighted by Crippen LogP contribution is 2.27. The van der Waals surface area contributed by atoms with E-state index in [0.29, 0.717) is 5.56 Å². The number of nitrogens with zero attached hydrogens (tertiary/aromatic N) is 1. The molecule has 0 amide bonds. The highest BCUT2D eigenvalue weighted by Gasteiger charge is 2.08. The molecule has 152 valence electrons. The van der Waals surface area contributed by atoms with Crippen molar-refractivity contribution in [2.75, 3.05) is 0 Å². The van der Waals surface area contributed by atoms with Crippen molar-refractivity contribution in [3.05, 3.63) is 77.7 Å². The molecule has 2 heteroatoms. The third kappa shape index (κ3) is 6.00. The quantitative estimate of drug-likeness (QED) is 0.320. The lowest BCUT2D eigenvalue weighted by Gasteiger charge is -2.08. The molecule has 0 saturated heterocycles. The minimum Gasteiger partial charge on any atom is -0.256 e. The van der Waals surface area contributed by atoms with Crippen LogP contribution >= 0.6 is 0 Å². The molecule has 1 nitrogen and oxygen atoms in total. The first-order chi connectivity index (χ1) is 14.2. The maximum absolute atomic E-state index is 14.7. The summed E-state index contributed by atoms with van der Waals surface area (Å²) < 4.78 is 14.7. The van der Waals surface area contributed by atoms with E-state index in [0.717, 1.165) is 48.1 Å². The minimum atomic E-state index is -0.133. The molecule has 0 aliphatic carbocycles. The average molecular weight is 390 g/mol. The number of hydrogen-bond acceptors (Lipinski definition) is 1. The second-order valence-electron chi connectivity index (χ2n) is 7.86. The molecule has 1 heterocycles.